The highest BCUT2D eigenvalue weighted by atomic mass is 35.5. The maximum atomic E-state index is 12.4. The lowest BCUT2D eigenvalue weighted by molar-refractivity contribution is -0.130. The lowest BCUT2D eigenvalue weighted by Crippen LogP contribution is -2.26. The average Bonchev–Trinajstić information content (AvgIpc) is 2.61. The van der Waals surface area contributed by atoms with E-state index in [-0.39, 0.29) is 5.91 Å². The van der Waals surface area contributed by atoms with Crippen LogP contribution in [-0.2, 0) is 17.8 Å². The molecule has 2 aromatic carbocycles. The molecule has 5 heteroatoms. The summed E-state index contributed by atoms with van der Waals surface area (Å²) in [6.45, 7) is 3.07. The van der Waals surface area contributed by atoms with E-state index in [1.165, 1.54) is 0 Å². The standard InChI is InChI=1S/C20H24ClNO3/c1-4-25-18-9-5-15(6-10-18)7-12-20(23)22(2)14-16-13-17(21)8-11-19(16)24-3/h5-6,8-11,13H,4,7,12,14H2,1-3H3. The van der Waals surface area contributed by atoms with Crippen molar-refractivity contribution >= 4 is 17.5 Å². The number of halogens is 1. The summed E-state index contributed by atoms with van der Waals surface area (Å²) >= 11 is 6.04. The molecule has 0 radical (unpaired) electrons. The number of aryl methyl sites for hydroxylation is 1. The summed E-state index contributed by atoms with van der Waals surface area (Å²) < 4.78 is 10.8. The maximum absolute atomic E-state index is 12.4. The first-order valence-electron chi connectivity index (χ1n) is 8.31. The number of methoxy groups -OCH3 is 1. The molecule has 0 N–H and O–H groups in total. The van der Waals surface area contributed by atoms with E-state index in [1.54, 1.807) is 25.1 Å². The van der Waals surface area contributed by atoms with Crippen molar-refractivity contribution in [1.29, 1.82) is 0 Å². The Morgan fingerprint density at radius 1 is 1.16 bits per heavy atom. The van der Waals surface area contributed by atoms with Crippen LogP contribution in [0.2, 0.25) is 5.02 Å². The predicted octanol–water partition coefficient (Wildman–Crippen LogP) is 4.34. The van der Waals surface area contributed by atoms with Crippen LogP contribution in [0.1, 0.15) is 24.5 Å². The number of rotatable bonds is 8. The lowest BCUT2D eigenvalue weighted by atomic mass is 10.1. The Labute approximate surface area is 154 Å². The van der Waals surface area contributed by atoms with Crippen molar-refractivity contribution < 1.29 is 14.3 Å². The van der Waals surface area contributed by atoms with Gasteiger partial charge in [0.05, 0.1) is 13.7 Å². The van der Waals surface area contributed by atoms with Crippen LogP contribution in [0.5, 0.6) is 11.5 Å². The van der Waals surface area contributed by atoms with E-state index in [0.717, 1.165) is 22.6 Å². The molecule has 134 valence electrons. The third-order valence-corrected chi connectivity index (χ3v) is 4.17. The molecular formula is C20H24ClNO3. The maximum Gasteiger partial charge on any atom is 0.222 e. The van der Waals surface area contributed by atoms with E-state index in [0.29, 0.717) is 31.0 Å². The zero-order chi connectivity index (χ0) is 18.2. The van der Waals surface area contributed by atoms with Gasteiger partial charge in [-0.1, -0.05) is 23.7 Å². The van der Waals surface area contributed by atoms with Crippen molar-refractivity contribution in [3.63, 3.8) is 0 Å². The first kappa shape index (κ1) is 19.1. The highest BCUT2D eigenvalue weighted by Crippen LogP contribution is 2.24. The molecule has 0 unspecified atom stereocenters. The molecule has 0 aliphatic carbocycles. The molecule has 0 atom stereocenters. The quantitative estimate of drug-likeness (QED) is 0.702. The summed E-state index contributed by atoms with van der Waals surface area (Å²) in [4.78, 5) is 14.1. The van der Waals surface area contributed by atoms with Gasteiger partial charge in [0.15, 0.2) is 0 Å². The van der Waals surface area contributed by atoms with E-state index < -0.39 is 0 Å². The Bertz CT molecular complexity index is 701. The second kappa shape index (κ2) is 9.33. The summed E-state index contributed by atoms with van der Waals surface area (Å²) in [7, 11) is 3.40. The van der Waals surface area contributed by atoms with E-state index in [1.807, 2.05) is 43.3 Å². The number of benzene rings is 2. The van der Waals surface area contributed by atoms with Crippen LogP contribution in [-0.4, -0.2) is 31.6 Å². The van der Waals surface area contributed by atoms with Crippen molar-refractivity contribution in [1.82, 2.24) is 4.90 Å². The van der Waals surface area contributed by atoms with Gasteiger partial charge >= 0.3 is 0 Å². The summed E-state index contributed by atoms with van der Waals surface area (Å²) in [5, 5.41) is 0.631. The highest BCUT2D eigenvalue weighted by Gasteiger charge is 2.13. The van der Waals surface area contributed by atoms with Gasteiger partial charge in [0.1, 0.15) is 11.5 Å². The first-order chi connectivity index (χ1) is 12.0. The van der Waals surface area contributed by atoms with Crippen LogP contribution in [0.25, 0.3) is 0 Å². The summed E-state index contributed by atoms with van der Waals surface area (Å²) in [6, 6.07) is 13.3. The Balaban J connectivity index is 1.91. The Morgan fingerprint density at radius 3 is 2.52 bits per heavy atom. The predicted molar refractivity (Wildman–Crippen MR) is 100 cm³/mol. The van der Waals surface area contributed by atoms with Gasteiger partial charge in [-0.2, -0.15) is 0 Å². The van der Waals surface area contributed by atoms with Crippen molar-refractivity contribution in [3.8, 4) is 11.5 Å². The Kier molecular flexibility index (Phi) is 7.14. The second-order valence-electron chi connectivity index (χ2n) is 5.78. The SMILES string of the molecule is CCOc1ccc(CCC(=O)N(C)Cc2cc(Cl)ccc2OC)cc1. The fourth-order valence-corrected chi connectivity index (χ4v) is 2.77. The minimum atomic E-state index is 0.0795. The van der Waals surface area contributed by atoms with E-state index in [9.17, 15) is 4.79 Å². The molecule has 0 aliphatic rings. The van der Waals surface area contributed by atoms with Gasteiger partial charge in [-0.05, 0) is 49.2 Å². The van der Waals surface area contributed by atoms with Gasteiger partial charge < -0.3 is 14.4 Å². The number of hydrogen-bond acceptors (Lipinski definition) is 3. The van der Waals surface area contributed by atoms with Gasteiger partial charge in [-0.25, -0.2) is 0 Å². The fraction of sp³-hybridized carbons (Fsp3) is 0.350. The fourth-order valence-electron chi connectivity index (χ4n) is 2.58. The number of carbonyl (C=O) groups excluding carboxylic acids is 1. The number of nitrogens with zero attached hydrogens (tertiary/aromatic N) is 1. The summed E-state index contributed by atoms with van der Waals surface area (Å²) in [6.07, 6.45) is 1.15. The molecule has 0 bridgehead atoms. The molecule has 1 amide bonds. The van der Waals surface area contributed by atoms with Gasteiger partial charge in [0, 0.05) is 30.6 Å². The van der Waals surface area contributed by atoms with Crippen LogP contribution in [0, 0.1) is 0 Å². The van der Waals surface area contributed by atoms with Crippen LogP contribution in [0.4, 0.5) is 0 Å². The number of amides is 1. The molecule has 2 aromatic rings. The van der Waals surface area contributed by atoms with Gasteiger partial charge in [0.25, 0.3) is 0 Å². The molecule has 0 saturated heterocycles. The minimum Gasteiger partial charge on any atom is -0.496 e. The molecule has 0 heterocycles. The third kappa shape index (κ3) is 5.68. The average molecular weight is 362 g/mol. The Hall–Kier alpha value is -2.20. The molecule has 0 aliphatic heterocycles. The monoisotopic (exact) mass is 361 g/mol. The van der Waals surface area contributed by atoms with E-state index in [2.05, 4.69) is 0 Å². The van der Waals surface area contributed by atoms with Crippen LogP contribution in [0.3, 0.4) is 0 Å². The first-order valence-corrected chi connectivity index (χ1v) is 8.69. The number of carbonyl (C=O) groups is 1. The van der Waals surface area contributed by atoms with Gasteiger partial charge in [-0.3, -0.25) is 4.79 Å². The van der Waals surface area contributed by atoms with Crippen LogP contribution in [0.15, 0.2) is 42.5 Å². The third-order valence-electron chi connectivity index (χ3n) is 3.94. The Morgan fingerprint density at radius 2 is 1.88 bits per heavy atom. The molecule has 4 nitrogen and oxygen atoms in total. The zero-order valence-corrected chi connectivity index (χ0v) is 15.7. The number of hydrogen-bond donors (Lipinski definition) is 0. The molecule has 0 spiro atoms. The van der Waals surface area contributed by atoms with Gasteiger partial charge in [0.2, 0.25) is 5.91 Å². The van der Waals surface area contributed by atoms with Crippen LogP contribution >= 0.6 is 11.6 Å². The lowest BCUT2D eigenvalue weighted by Gasteiger charge is -2.19. The highest BCUT2D eigenvalue weighted by molar-refractivity contribution is 6.30. The number of ether oxygens (including phenoxy) is 2. The molecule has 0 aromatic heterocycles. The van der Waals surface area contributed by atoms with Crippen molar-refractivity contribution in [2.24, 2.45) is 0 Å². The van der Waals surface area contributed by atoms with Crippen molar-refractivity contribution in [2.75, 3.05) is 20.8 Å². The molecular weight excluding hydrogens is 338 g/mol. The summed E-state index contributed by atoms with van der Waals surface area (Å²) in [5.74, 6) is 1.66. The van der Waals surface area contributed by atoms with Crippen molar-refractivity contribution in [3.05, 3.63) is 58.6 Å². The van der Waals surface area contributed by atoms with Crippen LogP contribution < -0.4 is 9.47 Å². The van der Waals surface area contributed by atoms with Gasteiger partial charge in [-0.15, -0.1) is 0 Å². The zero-order valence-electron chi connectivity index (χ0n) is 14.9. The molecule has 0 saturated carbocycles. The van der Waals surface area contributed by atoms with Crippen molar-refractivity contribution in [2.45, 2.75) is 26.3 Å². The summed E-state index contributed by atoms with van der Waals surface area (Å²) in [5.41, 5.74) is 2.01. The molecule has 0 fully saturated rings. The van der Waals surface area contributed by atoms with E-state index >= 15 is 0 Å². The topological polar surface area (TPSA) is 38.8 Å². The molecule has 2 rings (SSSR count). The minimum absolute atomic E-state index is 0.0795. The smallest absolute Gasteiger partial charge is 0.222 e. The largest absolute Gasteiger partial charge is 0.496 e. The van der Waals surface area contributed by atoms with E-state index in [4.69, 9.17) is 21.1 Å². The normalized spacial score (nSPS) is 10.4. The molecule has 25 heavy (non-hydrogen) atoms. The second-order valence-corrected chi connectivity index (χ2v) is 6.22.